The van der Waals surface area contributed by atoms with Crippen molar-refractivity contribution in [1.29, 1.82) is 0 Å². The Kier molecular flexibility index (Phi) is 3.78. The molecule has 1 N–H and O–H groups in total. The number of imidazole rings is 1. The van der Waals surface area contributed by atoms with Gasteiger partial charge in [-0.15, -0.1) is 0 Å². The normalized spacial score (nSPS) is 27.2. The first-order valence-corrected chi connectivity index (χ1v) is 7.64. The van der Waals surface area contributed by atoms with E-state index in [1.54, 1.807) is 0 Å². The fraction of sp³-hybridized carbons (Fsp3) is 0.733. The molecule has 0 saturated carbocycles. The standard InChI is InChI=1S/C15H23N3O2/c1-17-7-3-2-5-12(17)9-11-10-18-8-4-6-13(15(19)20)14(18)16-11/h10,12-13H,2-9H2,1H3,(H,19,20). The topological polar surface area (TPSA) is 58.4 Å². The van der Waals surface area contributed by atoms with Gasteiger partial charge in [-0.3, -0.25) is 4.79 Å². The molecule has 1 fully saturated rings. The average molecular weight is 277 g/mol. The lowest BCUT2D eigenvalue weighted by Gasteiger charge is -2.31. The van der Waals surface area contributed by atoms with Crippen LogP contribution in [0.4, 0.5) is 0 Å². The Labute approximate surface area is 119 Å². The van der Waals surface area contributed by atoms with Crippen molar-refractivity contribution in [2.24, 2.45) is 0 Å². The van der Waals surface area contributed by atoms with E-state index in [0.29, 0.717) is 6.04 Å². The number of carbonyl (C=O) groups is 1. The number of carboxylic acids is 1. The zero-order valence-electron chi connectivity index (χ0n) is 12.1. The van der Waals surface area contributed by atoms with E-state index in [9.17, 15) is 9.90 Å². The van der Waals surface area contributed by atoms with Gasteiger partial charge in [0.15, 0.2) is 0 Å². The molecule has 20 heavy (non-hydrogen) atoms. The molecule has 110 valence electrons. The van der Waals surface area contributed by atoms with Gasteiger partial charge in [-0.25, -0.2) is 4.98 Å². The van der Waals surface area contributed by atoms with Crippen LogP contribution < -0.4 is 0 Å². The van der Waals surface area contributed by atoms with Crippen LogP contribution >= 0.6 is 0 Å². The second-order valence-electron chi connectivity index (χ2n) is 6.15. The van der Waals surface area contributed by atoms with Gasteiger partial charge in [0.05, 0.1) is 5.69 Å². The Morgan fingerprint density at radius 2 is 2.20 bits per heavy atom. The molecule has 3 rings (SSSR count). The van der Waals surface area contributed by atoms with Crippen LogP contribution in [0.15, 0.2) is 6.20 Å². The van der Waals surface area contributed by atoms with Crippen molar-refractivity contribution in [1.82, 2.24) is 14.5 Å². The quantitative estimate of drug-likeness (QED) is 0.916. The number of rotatable bonds is 3. The van der Waals surface area contributed by atoms with Crippen LogP contribution in [-0.2, 0) is 17.8 Å². The van der Waals surface area contributed by atoms with Crippen LogP contribution in [0.3, 0.4) is 0 Å². The monoisotopic (exact) mass is 277 g/mol. The summed E-state index contributed by atoms with van der Waals surface area (Å²) in [6.45, 7) is 2.07. The van der Waals surface area contributed by atoms with Crippen LogP contribution in [0.25, 0.3) is 0 Å². The van der Waals surface area contributed by atoms with E-state index in [4.69, 9.17) is 0 Å². The van der Waals surface area contributed by atoms with Gasteiger partial charge in [-0.05, 0) is 39.3 Å². The first-order chi connectivity index (χ1) is 9.65. The second-order valence-corrected chi connectivity index (χ2v) is 6.15. The summed E-state index contributed by atoms with van der Waals surface area (Å²) < 4.78 is 2.06. The predicted molar refractivity (Wildman–Crippen MR) is 75.8 cm³/mol. The Morgan fingerprint density at radius 3 is 2.95 bits per heavy atom. The number of aromatic nitrogens is 2. The largest absolute Gasteiger partial charge is 0.481 e. The summed E-state index contributed by atoms with van der Waals surface area (Å²) in [6, 6.07) is 0.559. The van der Waals surface area contributed by atoms with E-state index >= 15 is 0 Å². The van der Waals surface area contributed by atoms with Gasteiger partial charge < -0.3 is 14.6 Å². The summed E-state index contributed by atoms with van der Waals surface area (Å²) >= 11 is 0. The number of nitrogens with zero attached hydrogens (tertiary/aromatic N) is 3. The summed E-state index contributed by atoms with van der Waals surface area (Å²) in [5, 5.41) is 9.30. The van der Waals surface area contributed by atoms with Gasteiger partial charge in [-0.2, -0.15) is 0 Å². The minimum Gasteiger partial charge on any atom is -0.481 e. The third-order valence-corrected chi connectivity index (χ3v) is 4.73. The molecule has 0 aromatic carbocycles. The third-order valence-electron chi connectivity index (χ3n) is 4.73. The Hall–Kier alpha value is -1.36. The molecule has 2 aliphatic heterocycles. The van der Waals surface area contributed by atoms with E-state index in [0.717, 1.165) is 43.9 Å². The highest BCUT2D eigenvalue weighted by Gasteiger charge is 2.29. The van der Waals surface area contributed by atoms with Crippen molar-refractivity contribution >= 4 is 5.97 Å². The number of hydrogen-bond acceptors (Lipinski definition) is 3. The molecule has 0 radical (unpaired) electrons. The van der Waals surface area contributed by atoms with E-state index in [-0.39, 0.29) is 0 Å². The maximum absolute atomic E-state index is 11.3. The number of fused-ring (bicyclic) bond motifs is 1. The van der Waals surface area contributed by atoms with Crippen molar-refractivity contribution in [3.63, 3.8) is 0 Å². The van der Waals surface area contributed by atoms with Gasteiger partial charge in [0.1, 0.15) is 11.7 Å². The smallest absolute Gasteiger partial charge is 0.314 e. The van der Waals surface area contributed by atoms with Crippen LogP contribution in [0, 0.1) is 0 Å². The number of likely N-dealkylation sites (tertiary alicyclic amines) is 1. The summed E-state index contributed by atoms with van der Waals surface area (Å²) in [4.78, 5) is 18.4. The third kappa shape index (κ3) is 2.59. The van der Waals surface area contributed by atoms with Crippen LogP contribution in [0.2, 0.25) is 0 Å². The highest BCUT2D eigenvalue weighted by molar-refractivity contribution is 5.75. The van der Waals surface area contributed by atoms with Crippen molar-refractivity contribution in [2.75, 3.05) is 13.6 Å². The molecule has 3 heterocycles. The van der Waals surface area contributed by atoms with E-state index in [1.165, 1.54) is 19.3 Å². The Bertz CT molecular complexity index is 497. The van der Waals surface area contributed by atoms with Crippen LogP contribution in [-0.4, -0.2) is 45.2 Å². The molecular weight excluding hydrogens is 254 g/mol. The molecule has 0 spiro atoms. The number of likely N-dealkylation sites (N-methyl/N-ethyl adjacent to an activating group) is 1. The predicted octanol–water partition coefficient (Wildman–Crippen LogP) is 1.87. The van der Waals surface area contributed by atoms with Gasteiger partial charge in [-0.1, -0.05) is 6.42 Å². The molecule has 0 bridgehead atoms. The fourth-order valence-corrected chi connectivity index (χ4v) is 3.51. The SMILES string of the molecule is CN1CCCCC1Cc1cn2c(n1)C(C(=O)O)CCC2. The first-order valence-electron chi connectivity index (χ1n) is 7.64. The lowest BCUT2D eigenvalue weighted by Crippen LogP contribution is -2.37. The van der Waals surface area contributed by atoms with Crippen molar-refractivity contribution in [3.05, 3.63) is 17.7 Å². The van der Waals surface area contributed by atoms with Crippen LogP contribution in [0.5, 0.6) is 0 Å². The average Bonchev–Trinajstić information content (AvgIpc) is 2.83. The van der Waals surface area contributed by atoms with Crippen molar-refractivity contribution < 1.29 is 9.90 Å². The molecule has 2 unspecified atom stereocenters. The summed E-state index contributed by atoms with van der Waals surface area (Å²) in [5.41, 5.74) is 1.06. The lowest BCUT2D eigenvalue weighted by atomic mass is 9.99. The molecule has 1 saturated heterocycles. The van der Waals surface area contributed by atoms with Gasteiger partial charge in [0, 0.05) is 25.2 Å². The molecule has 5 heteroatoms. The second kappa shape index (κ2) is 5.56. The lowest BCUT2D eigenvalue weighted by molar-refractivity contribution is -0.139. The van der Waals surface area contributed by atoms with Gasteiger partial charge >= 0.3 is 5.97 Å². The van der Waals surface area contributed by atoms with Gasteiger partial charge in [0.2, 0.25) is 0 Å². The van der Waals surface area contributed by atoms with Crippen molar-refractivity contribution in [3.8, 4) is 0 Å². The molecular formula is C15H23N3O2. The number of carboxylic acid groups (broad SMARTS) is 1. The molecule has 1 aromatic heterocycles. The molecule has 2 aliphatic rings. The Morgan fingerprint density at radius 1 is 1.35 bits per heavy atom. The first kappa shape index (κ1) is 13.6. The summed E-state index contributed by atoms with van der Waals surface area (Å²) in [6.07, 6.45) is 8.48. The number of hydrogen-bond donors (Lipinski definition) is 1. The fourth-order valence-electron chi connectivity index (χ4n) is 3.51. The molecule has 2 atom stereocenters. The maximum Gasteiger partial charge on any atom is 0.314 e. The van der Waals surface area contributed by atoms with E-state index in [1.807, 2.05) is 0 Å². The zero-order chi connectivity index (χ0) is 14.1. The molecule has 0 aliphatic carbocycles. The van der Waals surface area contributed by atoms with E-state index < -0.39 is 11.9 Å². The summed E-state index contributed by atoms with van der Waals surface area (Å²) in [7, 11) is 2.18. The molecule has 1 aromatic rings. The minimum atomic E-state index is -0.738. The zero-order valence-corrected chi connectivity index (χ0v) is 12.1. The van der Waals surface area contributed by atoms with E-state index in [2.05, 4.69) is 27.7 Å². The highest BCUT2D eigenvalue weighted by Crippen LogP contribution is 2.28. The minimum absolute atomic E-state index is 0.415. The number of piperidine rings is 1. The summed E-state index contributed by atoms with van der Waals surface area (Å²) in [5.74, 6) is -0.392. The molecule has 0 amide bonds. The maximum atomic E-state index is 11.3. The highest BCUT2D eigenvalue weighted by atomic mass is 16.4. The van der Waals surface area contributed by atoms with Crippen LogP contribution in [0.1, 0.15) is 49.5 Å². The number of aliphatic carboxylic acids is 1. The molecule has 5 nitrogen and oxygen atoms in total. The van der Waals surface area contributed by atoms with Crippen molar-refractivity contribution in [2.45, 2.75) is 57.0 Å². The van der Waals surface area contributed by atoms with Gasteiger partial charge in [0.25, 0.3) is 0 Å². The number of aryl methyl sites for hydroxylation is 1. The Balaban J connectivity index is 1.77.